The lowest BCUT2D eigenvalue weighted by Crippen LogP contribution is -2.30. The van der Waals surface area contributed by atoms with E-state index >= 15 is 0 Å². The maximum atomic E-state index is 12.0. The fourth-order valence-corrected chi connectivity index (χ4v) is 2.72. The van der Waals surface area contributed by atoms with Crippen molar-refractivity contribution in [3.8, 4) is 11.4 Å². The number of rotatable bonds is 2. The van der Waals surface area contributed by atoms with Crippen LogP contribution in [0, 0.1) is 0 Å². The Balaban J connectivity index is 2.06. The van der Waals surface area contributed by atoms with Gasteiger partial charge in [0.05, 0.1) is 5.69 Å². The summed E-state index contributed by atoms with van der Waals surface area (Å²) in [5.74, 6) is 0.738. The first-order valence-electron chi connectivity index (χ1n) is 6.66. The third-order valence-electron chi connectivity index (χ3n) is 3.53. The molecule has 5 nitrogen and oxygen atoms in total. The smallest absolute Gasteiger partial charge is 0.270 e. The number of aromatic nitrogens is 3. The van der Waals surface area contributed by atoms with E-state index in [1.165, 1.54) is 0 Å². The van der Waals surface area contributed by atoms with Crippen LogP contribution in [0.1, 0.15) is 24.5 Å². The molecule has 0 radical (unpaired) electrons. The fraction of sp³-hybridized carbons (Fsp3) is 0.357. The Bertz CT molecular complexity index is 650. The van der Waals surface area contributed by atoms with Crippen molar-refractivity contribution >= 4 is 11.6 Å². The van der Waals surface area contributed by atoms with Gasteiger partial charge in [0.15, 0.2) is 0 Å². The predicted octanol–water partition coefficient (Wildman–Crippen LogP) is 1.95. The van der Waals surface area contributed by atoms with Crippen LogP contribution in [0.4, 0.5) is 0 Å². The summed E-state index contributed by atoms with van der Waals surface area (Å²) in [6, 6.07) is 3.63. The Labute approximate surface area is 121 Å². The molecular formula is C14H15ClN4O. The molecule has 1 unspecified atom stereocenters. The quantitative estimate of drug-likeness (QED) is 0.887. The van der Waals surface area contributed by atoms with Gasteiger partial charge in [0.2, 0.25) is 0 Å². The molecule has 6 heteroatoms. The van der Waals surface area contributed by atoms with E-state index in [9.17, 15) is 4.79 Å². The summed E-state index contributed by atoms with van der Waals surface area (Å²) in [4.78, 5) is 23.3. The summed E-state index contributed by atoms with van der Waals surface area (Å²) in [5, 5.41) is 3.52. The van der Waals surface area contributed by atoms with Gasteiger partial charge >= 0.3 is 0 Å². The summed E-state index contributed by atoms with van der Waals surface area (Å²) in [6.07, 6.45) is 5.41. The van der Waals surface area contributed by atoms with Crippen LogP contribution < -0.4 is 10.9 Å². The number of aromatic amines is 1. The van der Waals surface area contributed by atoms with E-state index < -0.39 is 0 Å². The SMILES string of the molecule is O=c1[nH]c(-c2ccncc2)nc(C2CCCNC2)c1Cl. The van der Waals surface area contributed by atoms with Crippen molar-refractivity contribution in [2.24, 2.45) is 0 Å². The highest BCUT2D eigenvalue weighted by molar-refractivity contribution is 6.31. The number of pyridine rings is 1. The second-order valence-corrected chi connectivity index (χ2v) is 5.27. The molecule has 1 aliphatic heterocycles. The molecule has 0 bridgehead atoms. The van der Waals surface area contributed by atoms with E-state index in [1.807, 2.05) is 12.1 Å². The molecule has 3 rings (SSSR count). The molecule has 2 aromatic rings. The molecule has 1 aliphatic rings. The normalized spacial score (nSPS) is 18.9. The molecule has 2 aromatic heterocycles. The molecule has 104 valence electrons. The Morgan fingerprint density at radius 1 is 1.30 bits per heavy atom. The van der Waals surface area contributed by atoms with E-state index in [0.717, 1.165) is 31.5 Å². The third-order valence-corrected chi connectivity index (χ3v) is 3.89. The van der Waals surface area contributed by atoms with Crippen LogP contribution in [0.15, 0.2) is 29.3 Å². The molecule has 0 aliphatic carbocycles. The maximum absolute atomic E-state index is 12.0. The standard InChI is InChI=1S/C14H15ClN4O/c15-11-12(10-2-1-5-17-8-10)18-13(19-14(11)20)9-3-6-16-7-4-9/h3-4,6-7,10,17H,1-2,5,8H2,(H,18,19,20). The van der Waals surface area contributed by atoms with Crippen molar-refractivity contribution in [3.05, 3.63) is 45.6 Å². The van der Waals surface area contributed by atoms with Gasteiger partial charge in [-0.2, -0.15) is 0 Å². The first kappa shape index (κ1) is 13.3. The van der Waals surface area contributed by atoms with Crippen LogP contribution in [0.2, 0.25) is 5.02 Å². The van der Waals surface area contributed by atoms with E-state index in [2.05, 4.69) is 20.3 Å². The highest BCUT2D eigenvalue weighted by Gasteiger charge is 2.22. The van der Waals surface area contributed by atoms with Crippen molar-refractivity contribution in [1.29, 1.82) is 0 Å². The molecule has 0 amide bonds. The van der Waals surface area contributed by atoms with Gasteiger partial charge in [-0.25, -0.2) is 4.98 Å². The van der Waals surface area contributed by atoms with Crippen LogP contribution in [-0.2, 0) is 0 Å². The van der Waals surface area contributed by atoms with Crippen LogP contribution in [0.25, 0.3) is 11.4 Å². The lowest BCUT2D eigenvalue weighted by Gasteiger charge is -2.23. The monoisotopic (exact) mass is 290 g/mol. The van der Waals surface area contributed by atoms with Crippen molar-refractivity contribution in [2.75, 3.05) is 13.1 Å². The summed E-state index contributed by atoms with van der Waals surface area (Å²) in [6.45, 7) is 1.82. The van der Waals surface area contributed by atoms with Crippen LogP contribution in [0.3, 0.4) is 0 Å². The Morgan fingerprint density at radius 2 is 2.10 bits per heavy atom. The van der Waals surface area contributed by atoms with Crippen molar-refractivity contribution in [2.45, 2.75) is 18.8 Å². The zero-order valence-electron chi connectivity index (χ0n) is 10.9. The van der Waals surface area contributed by atoms with Crippen molar-refractivity contribution in [1.82, 2.24) is 20.3 Å². The molecule has 0 aromatic carbocycles. The van der Waals surface area contributed by atoms with Crippen molar-refractivity contribution < 1.29 is 0 Å². The van der Waals surface area contributed by atoms with E-state index in [1.54, 1.807) is 12.4 Å². The number of hydrogen-bond donors (Lipinski definition) is 2. The highest BCUT2D eigenvalue weighted by Crippen LogP contribution is 2.27. The molecule has 0 saturated carbocycles. The molecule has 1 saturated heterocycles. The number of halogens is 1. The number of piperidine rings is 1. The first-order valence-corrected chi connectivity index (χ1v) is 7.04. The average molecular weight is 291 g/mol. The minimum absolute atomic E-state index is 0.194. The summed E-state index contributed by atoms with van der Waals surface area (Å²) >= 11 is 6.14. The second kappa shape index (κ2) is 5.73. The molecule has 2 N–H and O–H groups in total. The second-order valence-electron chi connectivity index (χ2n) is 4.89. The molecule has 20 heavy (non-hydrogen) atoms. The Morgan fingerprint density at radius 3 is 2.80 bits per heavy atom. The molecule has 1 fully saturated rings. The average Bonchev–Trinajstić information content (AvgIpc) is 2.51. The predicted molar refractivity (Wildman–Crippen MR) is 77.9 cm³/mol. The molecule has 3 heterocycles. The number of H-pyrrole nitrogens is 1. The minimum atomic E-state index is -0.283. The highest BCUT2D eigenvalue weighted by atomic mass is 35.5. The topological polar surface area (TPSA) is 70.7 Å². The van der Waals surface area contributed by atoms with Crippen LogP contribution in [0.5, 0.6) is 0 Å². The Hall–Kier alpha value is -1.72. The van der Waals surface area contributed by atoms with E-state index in [0.29, 0.717) is 11.5 Å². The largest absolute Gasteiger partial charge is 0.316 e. The minimum Gasteiger partial charge on any atom is -0.316 e. The van der Waals surface area contributed by atoms with Gasteiger partial charge in [-0.05, 0) is 31.5 Å². The van der Waals surface area contributed by atoms with Gasteiger partial charge in [-0.15, -0.1) is 0 Å². The summed E-state index contributed by atoms with van der Waals surface area (Å²) < 4.78 is 0. The Kier molecular flexibility index (Phi) is 3.80. The molecule has 1 atom stereocenters. The molecular weight excluding hydrogens is 276 g/mol. The zero-order chi connectivity index (χ0) is 13.9. The van der Waals surface area contributed by atoms with Crippen molar-refractivity contribution in [3.63, 3.8) is 0 Å². The number of nitrogens with zero attached hydrogens (tertiary/aromatic N) is 2. The first-order chi connectivity index (χ1) is 9.75. The fourth-order valence-electron chi connectivity index (χ4n) is 2.48. The number of nitrogens with one attached hydrogen (secondary N) is 2. The van der Waals surface area contributed by atoms with E-state index in [-0.39, 0.29) is 16.5 Å². The summed E-state index contributed by atoms with van der Waals surface area (Å²) in [5.41, 5.74) is 1.24. The van der Waals surface area contributed by atoms with Gasteiger partial charge in [0, 0.05) is 30.4 Å². The van der Waals surface area contributed by atoms with Gasteiger partial charge in [0.1, 0.15) is 10.8 Å². The van der Waals surface area contributed by atoms with E-state index in [4.69, 9.17) is 11.6 Å². The van der Waals surface area contributed by atoms with Gasteiger partial charge in [-0.3, -0.25) is 9.78 Å². The lowest BCUT2D eigenvalue weighted by atomic mass is 9.96. The maximum Gasteiger partial charge on any atom is 0.270 e. The van der Waals surface area contributed by atoms with Gasteiger partial charge in [0.25, 0.3) is 5.56 Å². The summed E-state index contributed by atoms with van der Waals surface area (Å²) in [7, 11) is 0. The zero-order valence-corrected chi connectivity index (χ0v) is 11.7. The van der Waals surface area contributed by atoms with Gasteiger partial charge < -0.3 is 10.3 Å². The van der Waals surface area contributed by atoms with Crippen LogP contribution in [-0.4, -0.2) is 28.0 Å². The van der Waals surface area contributed by atoms with Crippen LogP contribution >= 0.6 is 11.6 Å². The molecule has 0 spiro atoms. The lowest BCUT2D eigenvalue weighted by molar-refractivity contribution is 0.454. The third kappa shape index (κ3) is 2.59. The van der Waals surface area contributed by atoms with Gasteiger partial charge in [-0.1, -0.05) is 11.6 Å². The number of hydrogen-bond acceptors (Lipinski definition) is 4.